The van der Waals surface area contributed by atoms with E-state index < -0.39 is 0 Å². The molecule has 1 aliphatic heterocycles. The fourth-order valence-electron chi connectivity index (χ4n) is 3.04. The molecule has 0 atom stereocenters. The van der Waals surface area contributed by atoms with E-state index in [1.165, 1.54) is 4.90 Å². The summed E-state index contributed by atoms with van der Waals surface area (Å²) in [5.74, 6) is 2.77. The zero-order valence-corrected chi connectivity index (χ0v) is 15.5. The van der Waals surface area contributed by atoms with Gasteiger partial charge in [-0.15, -0.1) is 11.8 Å². The van der Waals surface area contributed by atoms with E-state index in [1.807, 2.05) is 53.1 Å². The summed E-state index contributed by atoms with van der Waals surface area (Å²) in [5.41, 5.74) is 2.03. The molecule has 2 aromatic carbocycles. The van der Waals surface area contributed by atoms with Gasteiger partial charge in [-0.3, -0.25) is 4.79 Å². The minimum absolute atomic E-state index is 0.153. The highest BCUT2D eigenvalue weighted by Crippen LogP contribution is 2.34. The number of benzene rings is 2. The van der Waals surface area contributed by atoms with E-state index >= 15 is 0 Å². The summed E-state index contributed by atoms with van der Waals surface area (Å²) >= 11 is 1.83. The van der Waals surface area contributed by atoms with Gasteiger partial charge in [-0.25, -0.2) is 0 Å². The Morgan fingerprint density at radius 2 is 2.00 bits per heavy atom. The molecule has 0 aliphatic carbocycles. The van der Waals surface area contributed by atoms with Crippen molar-refractivity contribution in [1.29, 1.82) is 0 Å². The summed E-state index contributed by atoms with van der Waals surface area (Å²) < 4.78 is 10.7. The first-order valence-corrected chi connectivity index (χ1v) is 9.44. The van der Waals surface area contributed by atoms with Crippen molar-refractivity contribution in [3.63, 3.8) is 0 Å². The molecule has 0 saturated carbocycles. The second-order valence-corrected chi connectivity index (χ2v) is 7.03. The van der Waals surface area contributed by atoms with Crippen LogP contribution in [0.4, 0.5) is 5.69 Å². The number of amides is 1. The standard InChI is InChI=1S/C20H23NO3S/c1-23-16-9-10-18(24-2)15(14-16)8-11-20(22)21-12-5-13-25-19-7-4-3-6-17(19)21/h3-4,6-7,9-10,14H,5,8,11-13H2,1-2H3. The minimum Gasteiger partial charge on any atom is -0.497 e. The number of para-hydroxylation sites is 1. The number of carbonyl (C=O) groups excluding carboxylic acids is 1. The van der Waals surface area contributed by atoms with Gasteiger partial charge < -0.3 is 14.4 Å². The Morgan fingerprint density at radius 3 is 2.80 bits per heavy atom. The Balaban J connectivity index is 1.75. The molecule has 2 aromatic rings. The van der Waals surface area contributed by atoms with Gasteiger partial charge in [0.25, 0.3) is 0 Å². The summed E-state index contributed by atoms with van der Waals surface area (Å²) in [6.45, 7) is 0.776. The quantitative estimate of drug-likeness (QED) is 0.805. The molecule has 0 N–H and O–H groups in total. The second kappa shape index (κ2) is 8.30. The molecule has 0 fully saturated rings. The average Bonchev–Trinajstić information content (AvgIpc) is 2.88. The highest BCUT2D eigenvalue weighted by molar-refractivity contribution is 7.99. The zero-order chi connectivity index (χ0) is 17.6. The van der Waals surface area contributed by atoms with E-state index in [9.17, 15) is 4.79 Å². The van der Waals surface area contributed by atoms with Gasteiger partial charge >= 0.3 is 0 Å². The number of carbonyl (C=O) groups is 1. The van der Waals surface area contributed by atoms with Crippen LogP contribution in [0.15, 0.2) is 47.4 Å². The van der Waals surface area contributed by atoms with E-state index in [2.05, 4.69) is 6.07 Å². The van der Waals surface area contributed by atoms with Crippen LogP contribution in [-0.2, 0) is 11.2 Å². The second-order valence-electron chi connectivity index (χ2n) is 5.89. The summed E-state index contributed by atoms with van der Waals surface area (Å²) in [7, 11) is 3.29. The first-order chi connectivity index (χ1) is 12.2. The summed E-state index contributed by atoms with van der Waals surface area (Å²) in [6.07, 6.45) is 2.08. The van der Waals surface area contributed by atoms with Crippen molar-refractivity contribution in [2.45, 2.75) is 24.2 Å². The molecule has 4 nitrogen and oxygen atoms in total. The van der Waals surface area contributed by atoms with Crippen molar-refractivity contribution >= 4 is 23.4 Å². The van der Waals surface area contributed by atoms with Crippen LogP contribution in [0.25, 0.3) is 0 Å². The molecule has 0 unspecified atom stereocenters. The average molecular weight is 357 g/mol. The molecule has 0 radical (unpaired) electrons. The molecular weight excluding hydrogens is 334 g/mol. The van der Waals surface area contributed by atoms with Gasteiger partial charge in [-0.2, -0.15) is 0 Å². The third-order valence-corrected chi connectivity index (χ3v) is 5.49. The molecule has 1 heterocycles. The lowest BCUT2D eigenvalue weighted by atomic mass is 10.1. The van der Waals surface area contributed by atoms with Gasteiger partial charge in [0.15, 0.2) is 0 Å². The van der Waals surface area contributed by atoms with Gasteiger partial charge in [0.2, 0.25) is 5.91 Å². The van der Waals surface area contributed by atoms with Gasteiger partial charge in [-0.05, 0) is 54.5 Å². The van der Waals surface area contributed by atoms with Crippen molar-refractivity contribution in [1.82, 2.24) is 0 Å². The monoisotopic (exact) mass is 357 g/mol. The Bertz CT molecular complexity index is 747. The van der Waals surface area contributed by atoms with E-state index in [0.717, 1.165) is 41.5 Å². The molecule has 0 saturated heterocycles. The smallest absolute Gasteiger partial charge is 0.227 e. The Morgan fingerprint density at radius 1 is 1.16 bits per heavy atom. The van der Waals surface area contributed by atoms with Gasteiger partial charge in [0.05, 0.1) is 19.9 Å². The topological polar surface area (TPSA) is 38.8 Å². The molecule has 0 spiro atoms. The van der Waals surface area contributed by atoms with Crippen molar-refractivity contribution in [3.8, 4) is 11.5 Å². The molecule has 25 heavy (non-hydrogen) atoms. The zero-order valence-electron chi connectivity index (χ0n) is 14.7. The van der Waals surface area contributed by atoms with Crippen LogP contribution in [0.1, 0.15) is 18.4 Å². The van der Waals surface area contributed by atoms with Crippen molar-refractivity contribution < 1.29 is 14.3 Å². The maximum atomic E-state index is 12.9. The van der Waals surface area contributed by atoms with Crippen LogP contribution in [0.2, 0.25) is 0 Å². The number of thioether (sulfide) groups is 1. The molecular formula is C20H23NO3S. The lowest BCUT2D eigenvalue weighted by Gasteiger charge is -2.22. The normalized spacial score (nSPS) is 13.8. The van der Waals surface area contributed by atoms with Gasteiger partial charge in [-0.1, -0.05) is 12.1 Å². The van der Waals surface area contributed by atoms with E-state index in [0.29, 0.717) is 12.8 Å². The predicted octanol–water partition coefficient (Wildman–Crippen LogP) is 4.17. The Kier molecular flexibility index (Phi) is 5.87. The van der Waals surface area contributed by atoms with Gasteiger partial charge in [0.1, 0.15) is 11.5 Å². The number of nitrogens with zero attached hydrogens (tertiary/aromatic N) is 1. The fourth-order valence-corrected chi connectivity index (χ4v) is 4.03. The third kappa shape index (κ3) is 4.10. The van der Waals surface area contributed by atoms with E-state index in [-0.39, 0.29) is 5.91 Å². The Hall–Kier alpha value is -2.14. The number of ether oxygens (including phenoxy) is 2. The highest BCUT2D eigenvalue weighted by Gasteiger charge is 2.21. The van der Waals surface area contributed by atoms with Crippen LogP contribution in [0.5, 0.6) is 11.5 Å². The maximum Gasteiger partial charge on any atom is 0.227 e. The fraction of sp³-hybridized carbons (Fsp3) is 0.350. The maximum absolute atomic E-state index is 12.9. The lowest BCUT2D eigenvalue weighted by molar-refractivity contribution is -0.118. The summed E-state index contributed by atoms with van der Waals surface area (Å²) in [6, 6.07) is 13.9. The number of rotatable bonds is 5. The molecule has 0 bridgehead atoms. The third-order valence-electron chi connectivity index (χ3n) is 4.34. The van der Waals surface area contributed by atoms with Crippen LogP contribution < -0.4 is 14.4 Å². The molecule has 1 aliphatic rings. The molecule has 1 amide bonds. The number of methoxy groups -OCH3 is 2. The SMILES string of the molecule is COc1ccc(OC)c(CCC(=O)N2CCCSc3ccccc32)c1. The van der Waals surface area contributed by atoms with Crippen molar-refractivity contribution in [2.24, 2.45) is 0 Å². The number of hydrogen-bond acceptors (Lipinski definition) is 4. The van der Waals surface area contributed by atoms with Gasteiger partial charge in [0, 0.05) is 17.9 Å². The molecule has 5 heteroatoms. The number of aryl methyl sites for hydroxylation is 1. The Labute approximate surface area is 153 Å². The van der Waals surface area contributed by atoms with Crippen LogP contribution in [0.3, 0.4) is 0 Å². The van der Waals surface area contributed by atoms with E-state index in [4.69, 9.17) is 9.47 Å². The first-order valence-electron chi connectivity index (χ1n) is 8.46. The molecule has 3 rings (SSSR count). The van der Waals surface area contributed by atoms with Crippen LogP contribution >= 0.6 is 11.8 Å². The lowest BCUT2D eigenvalue weighted by Crippen LogP contribution is -2.32. The summed E-state index contributed by atoms with van der Waals surface area (Å²) in [5, 5.41) is 0. The molecule has 0 aromatic heterocycles. The predicted molar refractivity (Wildman–Crippen MR) is 102 cm³/mol. The van der Waals surface area contributed by atoms with Crippen LogP contribution in [-0.4, -0.2) is 32.4 Å². The largest absolute Gasteiger partial charge is 0.497 e. The number of fused-ring (bicyclic) bond motifs is 1. The minimum atomic E-state index is 0.153. The first kappa shape index (κ1) is 17.7. The van der Waals surface area contributed by atoms with E-state index in [1.54, 1.807) is 14.2 Å². The summed E-state index contributed by atoms with van der Waals surface area (Å²) in [4.78, 5) is 16.0. The van der Waals surface area contributed by atoms with Crippen LogP contribution in [0, 0.1) is 0 Å². The highest BCUT2D eigenvalue weighted by atomic mass is 32.2. The van der Waals surface area contributed by atoms with Crippen molar-refractivity contribution in [2.75, 3.05) is 31.4 Å². The number of hydrogen-bond donors (Lipinski definition) is 0. The number of anilines is 1. The van der Waals surface area contributed by atoms with Crippen molar-refractivity contribution in [3.05, 3.63) is 48.0 Å². The molecule has 132 valence electrons.